The van der Waals surface area contributed by atoms with Gasteiger partial charge in [0.15, 0.2) is 11.5 Å². The Labute approximate surface area is 210 Å². The molecule has 3 N–H and O–H groups in total. The predicted octanol–water partition coefficient (Wildman–Crippen LogP) is 2.85. The maximum Gasteiger partial charge on any atom is 0.343 e. The number of nitrogens with zero attached hydrogens (tertiary/aromatic N) is 1. The summed E-state index contributed by atoms with van der Waals surface area (Å²) in [6.45, 7) is 0.293. The summed E-state index contributed by atoms with van der Waals surface area (Å²) in [6, 6.07) is 8.24. The lowest BCUT2D eigenvalue weighted by molar-refractivity contribution is -0.121. The largest absolute Gasteiger partial charge is 0.507 e. The van der Waals surface area contributed by atoms with Gasteiger partial charge in [-0.25, -0.2) is 9.78 Å². The molecule has 0 bridgehead atoms. The van der Waals surface area contributed by atoms with Crippen molar-refractivity contribution < 1.29 is 33.3 Å². The molecule has 4 aromatic rings. The molecule has 0 aliphatic carbocycles. The molecule has 2 aromatic heterocycles. The van der Waals surface area contributed by atoms with Gasteiger partial charge in [-0.3, -0.25) is 4.79 Å². The third-order valence-corrected chi connectivity index (χ3v) is 6.22. The van der Waals surface area contributed by atoms with Gasteiger partial charge in [0.25, 0.3) is 0 Å². The van der Waals surface area contributed by atoms with Crippen LogP contribution in [0.15, 0.2) is 52.1 Å². The molecular weight excluding hydrogens is 482 g/mol. The van der Waals surface area contributed by atoms with E-state index < -0.39 is 11.5 Å². The first kappa shape index (κ1) is 24.0. The van der Waals surface area contributed by atoms with Crippen LogP contribution in [0.5, 0.6) is 28.7 Å². The molecule has 2 aromatic carbocycles. The number of aromatic hydroxyl groups is 1. The van der Waals surface area contributed by atoms with Crippen LogP contribution in [-0.4, -0.2) is 48.5 Å². The van der Waals surface area contributed by atoms with E-state index in [0.717, 1.165) is 5.69 Å². The quantitative estimate of drug-likeness (QED) is 0.291. The van der Waals surface area contributed by atoms with E-state index in [4.69, 9.17) is 23.4 Å². The van der Waals surface area contributed by atoms with Gasteiger partial charge in [0, 0.05) is 42.8 Å². The molecule has 0 unspecified atom stereocenters. The number of aromatic nitrogens is 2. The van der Waals surface area contributed by atoms with Crippen molar-refractivity contribution in [3.8, 4) is 28.7 Å². The zero-order valence-electron chi connectivity index (χ0n) is 20.2. The first-order valence-corrected chi connectivity index (χ1v) is 11.5. The monoisotopic (exact) mass is 507 g/mol. The summed E-state index contributed by atoms with van der Waals surface area (Å²) in [5, 5.41) is 14.4. The Morgan fingerprint density at radius 2 is 2.03 bits per heavy atom. The van der Waals surface area contributed by atoms with Crippen molar-refractivity contribution in [3.63, 3.8) is 0 Å². The molecule has 3 heterocycles. The number of hydrogen-bond acceptors (Lipinski definition) is 9. The lowest BCUT2D eigenvalue weighted by Crippen LogP contribution is -2.29. The van der Waals surface area contributed by atoms with Crippen LogP contribution in [0.2, 0.25) is 0 Å². The Balaban J connectivity index is 1.60. The van der Waals surface area contributed by atoms with Crippen LogP contribution in [0.3, 0.4) is 0 Å². The van der Waals surface area contributed by atoms with Crippen LogP contribution in [0.1, 0.15) is 29.2 Å². The fraction of sp³-hybridized carbons (Fsp3) is 0.269. The second-order valence-corrected chi connectivity index (χ2v) is 8.35. The molecule has 1 aliphatic heterocycles. The molecule has 5 rings (SSSR count). The van der Waals surface area contributed by atoms with Gasteiger partial charge in [0.05, 0.1) is 31.5 Å². The van der Waals surface area contributed by atoms with E-state index in [1.807, 2.05) is 0 Å². The number of hydrogen-bond donors (Lipinski definition) is 3. The Kier molecular flexibility index (Phi) is 6.59. The number of benzene rings is 2. The minimum atomic E-state index is -0.966. The highest BCUT2D eigenvalue weighted by atomic mass is 16.7. The number of imidazole rings is 1. The number of amides is 1. The first-order chi connectivity index (χ1) is 18.0. The first-order valence-electron chi connectivity index (χ1n) is 11.5. The molecule has 11 nitrogen and oxygen atoms in total. The number of ether oxygens (including phenoxy) is 4. The predicted molar refractivity (Wildman–Crippen MR) is 132 cm³/mol. The SMILES string of the molecule is COc1cc([C@H](CC(=O)NCCc2cnc[nH]2)c2c(O)c3ccccc3oc2=O)c(OC)c2c1OCO2. The maximum atomic E-state index is 13.2. The number of fused-ring (bicyclic) bond motifs is 2. The van der Waals surface area contributed by atoms with Crippen LogP contribution in [0, 0.1) is 0 Å². The molecule has 0 saturated carbocycles. The smallest absolute Gasteiger partial charge is 0.343 e. The number of H-pyrrole nitrogens is 1. The van der Waals surface area contributed by atoms with E-state index in [2.05, 4.69) is 15.3 Å². The number of carbonyl (C=O) groups is 1. The van der Waals surface area contributed by atoms with Crippen molar-refractivity contribution in [2.24, 2.45) is 0 Å². The lowest BCUT2D eigenvalue weighted by atomic mass is 9.86. The normalized spacial score (nSPS) is 12.9. The fourth-order valence-corrected chi connectivity index (χ4v) is 4.49. The molecule has 1 aliphatic rings. The van der Waals surface area contributed by atoms with Gasteiger partial charge < -0.3 is 38.8 Å². The highest BCUT2D eigenvalue weighted by Gasteiger charge is 2.35. The highest BCUT2D eigenvalue weighted by Crippen LogP contribution is 2.53. The van der Waals surface area contributed by atoms with Crippen molar-refractivity contribution >= 4 is 16.9 Å². The molecule has 0 fully saturated rings. The zero-order valence-corrected chi connectivity index (χ0v) is 20.2. The number of rotatable bonds is 9. The van der Waals surface area contributed by atoms with E-state index in [9.17, 15) is 14.7 Å². The summed E-state index contributed by atoms with van der Waals surface area (Å²) in [6.07, 6.45) is 3.59. The van der Waals surface area contributed by atoms with Crippen LogP contribution < -0.4 is 29.9 Å². The summed E-state index contributed by atoms with van der Waals surface area (Å²) in [5.41, 5.74) is 0.635. The van der Waals surface area contributed by atoms with Crippen LogP contribution in [0.4, 0.5) is 0 Å². The second kappa shape index (κ2) is 10.1. The summed E-state index contributed by atoms with van der Waals surface area (Å²) in [4.78, 5) is 33.3. The summed E-state index contributed by atoms with van der Waals surface area (Å²) in [5.74, 6) is -0.373. The van der Waals surface area contributed by atoms with Gasteiger partial charge in [0.1, 0.15) is 11.3 Å². The lowest BCUT2D eigenvalue weighted by Gasteiger charge is -2.22. The minimum absolute atomic E-state index is 0.0480. The van der Waals surface area contributed by atoms with E-state index >= 15 is 0 Å². The van der Waals surface area contributed by atoms with E-state index in [1.54, 1.807) is 42.9 Å². The fourth-order valence-electron chi connectivity index (χ4n) is 4.49. The topological polar surface area (TPSA) is 145 Å². The minimum Gasteiger partial charge on any atom is -0.507 e. The molecule has 192 valence electrons. The van der Waals surface area contributed by atoms with Gasteiger partial charge in [0.2, 0.25) is 24.2 Å². The molecule has 37 heavy (non-hydrogen) atoms. The van der Waals surface area contributed by atoms with Crippen molar-refractivity contribution in [1.29, 1.82) is 0 Å². The van der Waals surface area contributed by atoms with Crippen LogP contribution >= 0.6 is 0 Å². The number of para-hydroxylation sites is 1. The molecule has 1 amide bonds. The van der Waals surface area contributed by atoms with Crippen LogP contribution in [0.25, 0.3) is 11.0 Å². The summed E-state index contributed by atoms with van der Waals surface area (Å²) >= 11 is 0. The average molecular weight is 507 g/mol. The Hall–Kier alpha value is -4.67. The number of nitrogens with one attached hydrogen (secondary N) is 2. The van der Waals surface area contributed by atoms with E-state index in [-0.39, 0.29) is 47.5 Å². The van der Waals surface area contributed by atoms with Crippen molar-refractivity contribution in [3.05, 3.63) is 70.1 Å². The molecule has 0 spiro atoms. The van der Waals surface area contributed by atoms with Gasteiger partial charge in [-0.15, -0.1) is 0 Å². The molecule has 1 atom stereocenters. The molecular formula is C26H25N3O8. The summed E-state index contributed by atoms with van der Waals surface area (Å²) in [7, 11) is 2.91. The highest BCUT2D eigenvalue weighted by molar-refractivity contribution is 5.85. The third-order valence-electron chi connectivity index (χ3n) is 6.22. The van der Waals surface area contributed by atoms with Crippen molar-refractivity contribution in [2.45, 2.75) is 18.8 Å². The van der Waals surface area contributed by atoms with Crippen molar-refractivity contribution in [1.82, 2.24) is 15.3 Å². The molecule has 0 radical (unpaired) electrons. The third kappa shape index (κ3) is 4.51. The Bertz CT molecular complexity index is 1500. The Morgan fingerprint density at radius 1 is 1.22 bits per heavy atom. The maximum absolute atomic E-state index is 13.2. The number of carbonyl (C=O) groups excluding carboxylic acids is 1. The molecule has 0 saturated heterocycles. The summed E-state index contributed by atoms with van der Waals surface area (Å²) < 4.78 is 27.8. The zero-order chi connectivity index (χ0) is 25.9. The average Bonchev–Trinajstić information content (AvgIpc) is 3.60. The van der Waals surface area contributed by atoms with E-state index in [0.29, 0.717) is 35.4 Å². The van der Waals surface area contributed by atoms with E-state index in [1.165, 1.54) is 14.2 Å². The standard InChI is InChI=1S/C26H25N3O8/c1-33-19-9-17(23(34-2)25-24(19)35-13-36-25)16(10-20(30)28-8-7-14-11-27-12-29-14)21-22(31)15-5-3-4-6-18(15)37-26(21)32/h3-6,9,11-12,16,31H,7-8,10,13H2,1-2H3,(H,27,29)(H,28,30)/t16-/m0/s1. The van der Waals surface area contributed by atoms with Gasteiger partial charge >= 0.3 is 5.63 Å². The molecule has 11 heteroatoms. The Morgan fingerprint density at radius 3 is 2.78 bits per heavy atom. The van der Waals surface area contributed by atoms with Crippen molar-refractivity contribution in [2.75, 3.05) is 27.6 Å². The number of methoxy groups -OCH3 is 2. The van der Waals surface area contributed by atoms with Gasteiger partial charge in [-0.1, -0.05) is 12.1 Å². The van der Waals surface area contributed by atoms with Crippen LogP contribution in [-0.2, 0) is 11.2 Å². The number of aromatic amines is 1. The second-order valence-electron chi connectivity index (χ2n) is 8.35. The van der Waals surface area contributed by atoms with Gasteiger partial charge in [-0.2, -0.15) is 0 Å². The van der Waals surface area contributed by atoms with Gasteiger partial charge in [-0.05, 0) is 18.2 Å².